The van der Waals surface area contributed by atoms with Gasteiger partial charge in [0.1, 0.15) is 0 Å². The van der Waals surface area contributed by atoms with Crippen LogP contribution in [0.3, 0.4) is 0 Å². The first kappa shape index (κ1) is 18.0. The minimum atomic E-state index is -4.36. The molecule has 2 N–H and O–H groups in total. The molecule has 1 amide bonds. The summed E-state index contributed by atoms with van der Waals surface area (Å²) in [4.78, 5) is 11.9. The van der Waals surface area contributed by atoms with E-state index < -0.39 is 11.7 Å². The van der Waals surface area contributed by atoms with Gasteiger partial charge in [-0.25, -0.2) is 0 Å². The molecule has 0 aliphatic carbocycles. The van der Waals surface area contributed by atoms with E-state index >= 15 is 0 Å². The summed E-state index contributed by atoms with van der Waals surface area (Å²) in [6, 6.07) is 12.6. The van der Waals surface area contributed by atoms with Gasteiger partial charge < -0.3 is 10.6 Å². The Labute approximate surface area is 138 Å². The number of aryl methyl sites for hydroxylation is 1. The van der Waals surface area contributed by atoms with Crippen LogP contribution in [0.5, 0.6) is 0 Å². The SMILES string of the molecule is Cc1ccc(C(=O)NCCNCc2ccccc2C(F)(F)F)cc1. The lowest BCUT2D eigenvalue weighted by Crippen LogP contribution is -2.31. The van der Waals surface area contributed by atoms with Gasteiger partial charge in [0.25, 0.3) is 5.91 Å². The molecule has 0 aliphatic heterocycles. The first-order valence-corrected chi connectivity index (χ1v) is 7.58. The fourth-order valence-corrected chi connectivity index (χ4v) is 2.25. The highest BCUT2D eigenvalue weighted by Crippen LogP contribution is 2.31. The fourth-order valence-electron chi connectivity index (χ4n) is 2.25. The van der Waals surface area contributed by atoms with Crippen molar-refractivity contribution in [3.8, 4) is 0 Å². The maximum atomic E-state index is 12.9. The highest BCUT2D eigenvalue weighted by molar-refractivity contribution is 5.94. The Morgan fingerprint density at radius 2 is 1.67 bits per heavy atom. The number of carbonyl (C=O) groups is 1. The Balaban J connectivity index is 1.78. The Hall–Kier alpha value is -2.34. The second-order valence-corrected chi connectivity index (χ2v) is 5.45. The minimum absolute atomic E-state index is 0.0933. The monoisotopic (exact) mass is 336 g/mol. The quantitative estimate of drug-likeness (QED) is 0.793. The summed E-state index contributed by atoms with van der Waals surface area (Å²) in [6.45, 7) is 2.74. The van der Waals surface area contributed by atoms with Crippen LogP contribution in [0.15, 0.2) is 48.5 Å². The van der Waals surface area contributed by atoms with Gasteiger partial charge in [-0.15, -0.1) is 0 Å². The van der Waals surface area contributed by atoms with Gasteiger partial charge >= 0.3 is 6.18 Å². The molecule has 0 spiro atoms. The van der Waals surface area contributed by atoms with Crippen molar-refractivity contribution >= 4 is 5.91 Å². The molecule has 0 aliphatic rings. The van der Waals surface area contributed by atoms with Gasteiger partial charge in [0.2, 0.25) is 0 Å². The summed E-state index contributed by atoms with van der Waals surface area (Å²) in [5.74, 6) is -0.201. The molecule has 0 atom stereocenters. The van der Waals surface area contributed by atoms with Crippen molar-refractivity contribution in [1.82, 2.24) is 10.6 Å². The predicted octanol–water partition coefficient (Wildman–Crippen LogP) is 3.53. The molecular formula is C18H19F3N2O. The van der Waals surface area contributed by atoms with Gasteiger partial charge in [-0.05, 0) is 30.7 Å². The number of halogens is 3. The molecule has 6 heteroatoms. The van der Waals surface area contributed by atoms with Gasteiger partial charge in [0, 0.05) is 25.2 Å². The molecule has 24 heavy (non-hydrogen) atoms. The molecule has 0 heterocycles. The number of amides is 1. The summed E-state index contributed by atoms with van der Waals surface area (Å²) >= 11 is 0. The third-order valence-corrected chi connectivity index (χ3v) is 3.54. The molecule has 2 aromatic rings. The average molecular weight is 336 g/mol. The van der Waals surface area contributed by atoms with Crippen molar-refractivity contribution in [2.75, 3.05) is 13.1 Å². The van der Waals surface area contributed by atoms with Gasteiger partial charge in [-0.3, -0.25) is 4.79 Å². The number of hydrogen-bond acceptors (Lipinski definition) is 2. The molecule has 0 fully saturated rings. The fraction of sp³-hybridized carbons (Fsp3) is 0.278. The summed E-state index contributed by atoms with van der Waals surface area (Å²) in [5.41, 5.74) is 1.18. The maximum absolute atomic E-state index is 12.9. The van der Waals surface area contributed by atoms with Crippen LogP contribution in [-0.2, 0) is 12.7 Å². The molecule has 0 unspecified atom stereocenters. The van der Waals surface area contributed by atoms with Crippen molar-refractivity contribution in [1.29, 1.82) is 0 Å². The third-order valence-electron chi connectivity index (χ3n) is 3.54. The van der Waals surface area contributed by atoms with Crippen LogP contribution < -0.4 is 10.6 Å². The van der Waals surface area contributed by atoms with E-state index in [9.17, 15) is 18.0 Å². The minimum Gasteiger partial charge on any atom is -0.351 e. The van der Waals surface area contributed by atoms with Gasteiger partial charge in [-0.2, -0.15) is 13.2 Å². The number of alkyl halides is 3. The van der Waals surface area contributed by atoms with E-state index in [1.165, 1.54) is 12.1 Å². The topological polar surface area (TPSA) is 41.1 Å². The smallest absolute Gasteiger partial charge is 0.351 e. The van der Waals surface area contributed by atoms with Crippen LogP contribution in [-0.4, -0.2) is 19.0 Å². The van der Waals surface area contributed by atoms with Crippen molar-refractivity contribution in [2.24, 2.45) is 0 Å². The van der Waals surface area contributed by atoms with Crippen molar-refractivity contribution in [3.63, 3.8) is 0 Å². The second kappa shape index (κ2) is 7.97. The zero-order chi connectivity index (χ0) is 17.6. The summed E-state index contributed by atoms with van der Waals surface area (Å²) < 4.78 is 38.6. The molecule has 0 saturated heterocycles. The Morgan fingerprint density at radius 1 is 1.00 bits per heavy atom. The number of hydrogen-bond donors (Lipinski definition) is 2. The van der Waals surface area contributed by atoms with Crippen molar-refractivity contribution < 1.29 is 18.0 Å². The Bertz CT molecular complexity index is 681. The number of nitrogens with one attached hydrogen (secondary N) is 2. The van der Waals surface area contributed by atoms with E-state index in [1.807, 2.05) is 19.1 Å². The van der Waals surface area contributed by atoms with Crippen molar-refractivity contribution in [3.05, 3.63) is 70.8 Å². The van der Waals surface area contributed by atoms with E-state index in [-0.39, 0.29) is 18.0 Å². The van der Waals surface area contributed by atoms with Crippen LogP contribution >= 0.6 is 0 Å². The molecule has 0 bridgehead atoms. The average Bonchev–Trinajstić information content (AvgIpc) is 2.54. The third kappa shape index (κ3) is 5.09. The Morgan fingerprint density at radius 3 is 2.33 bits per heavy atom. The lowest BCUT2D eigenvalue weighted by atomic mass is 10.1. The maximum Gasteiger partial charge on any atom is 0.416 e. The van der Waals surface area contributed by atoms with E-state index in [1.54, 1.807) is 18.2 Å². The molecule has 0 aromatic heterocycles. The first-order chi connectivity index (χ1) is 11.4. The first-order valence-electron chi connectivity index (χ1n) is 7.58. The highest BCUT2D eigenvalue weighted by atomic mass is 19.4. The number of benzene rings is 2. The van der Waals surface area contributed by atoms with E-state index in [2.05, 4.69) is 10.6 Å². The van der Waals surface area contributed by atoms with Crippen LogP contribution in [0.2, 0.25) is 0 Å². The number of rotatable bonds is 6. The number of carbonyl (C=O) groups excluding carboxylic acids is 1. The Kier molecular flexibility index (Phi) is 5.98. The van der Waals surface area contributed by atoms with E-state index in [0.717, 1.165) is 11.6 Å². The van der Waals surface area contributed by atoms with E-state index in [0.29, 0.717) is 18.7 Å². The van der Waals surface area contributed by atoms with Crippen LogP contribution in [0.4, 0.5) is 13.2 Å². The highest BCUT2D eigenvalue weighted by Gasteiger charge is 2.32. The summed E-state index contributed by atoms with van der Waals surface area (Å²) in [5, 5.41) is 5.64. The van der Waals surface area contributed by atoms with Gasteiger partial charge in [0.15, 0.2) is 0 Å². The predicted molar refractivity (Wildman–Crippen MR) is 86.7 cm³/mol. The van der Waals surface area contributed by atoms with Crippen LogP contribution in [0, 0.1) is 6.92 Å². The lowest BCUT2D eigenvalue weighted by Gasteiger charge is -2.13. The molecule has 0 saturated carbocycles. The summed E-state index contributed by atoms with van der Waals surface area (Å²) in [7, 11) is 0. The van der Waals surface area contributed by atoms with Crippen molar-refractivity contribution in [2.45, 2.75) is 19.6 Å². The van der Waals surface area contributed by atoms with Gasteiger partial charge in [0.05, 0.1) is 5.56 Å². The van der Waals surface area contributed by atoms with E-state index in [4.69, 9.17) is 0 Å². The normalized spacial score (nSPS) is 11.3. The molecule has 128 valence electrons. The zero-order valence-corrected chi connectivity index (χ0v) is 13.3. The molecular weight excluding hydrogens is 317 g/mol. The molecule has 2 rings (SSSR count). The summed E-state index contributed by atoms with van der Waals surface area (Å²) in [6.07, 6.45) is -4.36. The zero-order valence-electron chi connectivity index (χ0n) is 13.3. The second-order valence-electron chi connectivity index (χ2n) is 5.45. The molecule has 2 aromatic carbocycles. The largest absolute Gasteiger partial charge is 0.416 e. The molecule has 3 nitrogen and oxygen atoms in total. The standard InChI is InChI=1S/C18H19F3N2O/c1-13-6-8-14(9-7-13)17(24)23-11-10-22-12-15-4-2-3-5-16(15)18(19,20)21/h2-9,22H,10-12H2,1H3,(H,23,24). The molecule has 0 radical (unpaired) electrons. The van der Waals surface area contributed by atoms with Gasteiger partial charge in [-0.1, -0.05) is 35.9 Å². The lowest BCUT2D eigenvalue weighted by molar-refractivity contribution is -0.138. The van der Waals surface area contributed by atoms with Crippen LogP contribution in [0.25, 0.3) is 0 Å². The van der Waals surface area contributed by atoms with Crippen LogP contribution in [0.1, 0.15) is 27.0 Å².